The number of rotatable bonds is 5. The molecule has 0 atom stereocenters. The first kappa shape index (κ1) is 21.0. The fourth-order valence-electron chi connectivity index (χ4n) is 4.22. The third-order valence-corrected chi connectivity index (χ3v) is 6.16. The van der Waals surface area contributed by atoms with Crippen molar-refractivity contribution in [1.29, 1.82) is 0 Å². The first-order valence-electron chi connectivity index (χ1n) is 11.0. The van der Waals surface area contributed by atoms with Crippen molar-refractivity contribution in [2.75, 3.05) is 13.1 Å². The first-order valence-corrected chi connectivity index (χ1v) is 11.0. The van der Waals surface area contributed by atoms with Gasteiger partial charge in [-0.25, -0.2) is 4.98 Å². The molecular formula is C24H25N5O4. The summed E-state index contributed by atoms with van der Waals surface area (Å²) in [4.78, 5) is 44.6. The van der Waals surface area contributed by atoms with Gasteiger partial charge in [0.05, 0.1) is 18.5 Å². The summed E-state index contributed by atoms with van der Waals surface area (Å²) in [6, 6.07) is 10.3. The minimum absolute atomic E-state index is 0.132. The summed E-state index contributed by atoms with van der Waals surface area (Å²) in [7, 11) is 1.71. The minimum Gasteiger partial charge on any atom is -0.486 e. The summed E-state index contributed by atoms with van der Waals surface area (Å²) in [5, 5.41) is 0.430. The van der Waals surface area contributed by atoms with Crippen LogP contribution in [0, 0.1) is 6.92 Å². The van der Waals surface area contributed by atoms with Gasteiger partial charge in [-0.05, 0) is 37.6 Å². The molecule has 0 aliphatic carbocycles. The number of aryl methyl sites for hydroxylation is 2. The topological polar surface area (TPSA) is 90.8 Å². The van der Waals surface area contributed by atoms with E-state index in [1.807, 2.05) is 30.5 Å². The molecule has 0 N–H and O–H groups in total. The van der Waals surface area contributed by atoms with Gasteiger partial charge in [0.1, 0.15) is 28.8 Å². The SMILES string of the molecule is CCCn1c(C(=O)N2CC(Oc3cc(C)n(C)c(=O)c3)C2)cc2c(=O)n3ccccc3nc21. The number of likely N-dealkylation sites (tertiary alicyclic amines) is 1. The van der Waals surface area contributed by atoms with Crippen LogP contribution in [0.25, 0.3) is 16.7 Å². The molecule has 1 aliphatic rings. The number of aromatic nitrogens is 4. The number of amides is 1. The molecule has 9 nitrogen and oxygen atoms in total. The molecule has 1 saturated heterocycles. The van der Waals surface area contributed by atoms with Crippen molar-refractivity contribution in [3.05, 3.63) is 74.7 Å². The van der Waals surface area contributed by atoms with Crippen LogP contribution < -0.4 is 15.9 Å². The highest BCUT2D eigenvalue weighted by Gasteiger charge is 2.35. The van der Waals surface area contributed by atoms with Crippen LogP contribution in [0.3, 0.4) is 0 Å². The summed E-state index contributed by atoms with van der Waals surface area (Å²) in [6.45, 7) is 5.27. The zero-order chi connectivity index (χ0) is 23.3. The van der Waals surface area contributed by atoms with Gasteiger partial charge in [0, 0.05) is 31.5 Å². The van der Waals surface area contributed by atoms with Gasteiger partial charge < -0.3 is 18.8 Å². The van der Waals surface area contributed by atoms with Crippen molar-refractivity contribution >= 4 is 22.6 Å². The van der Waals surface area contributed by atoms with Gasteiger partial charge in [-0.2, -0.15) is 0 Å². The maximum atomic E-state index is 13.3. The molecule has 33 heavy (non-hydrogen) atoms. The minimum atomic E-state index is -0.189. The number of nitrogens with zero attached hydrogens (tertiary/aromatic N) is 5. The number of carbonyl (C=O) groups excluding carboxylic acids is 1. The third kappa shape index (κ3) is 3.49. The Morgan fingerprint density at radius 2 is 1.97 bits per heavy atom. The molecule has 0 aromatic carbocycles. The van der Waals surface area contributed by atoms with Crippen molar-refractivity contribution in [2.45, 2.75) is 32.9 Å². The van der Waals surface area contributed by atoms with E-state index in [4.69, 9.17) is 4.74 Å². The van der Waals surface area contributed by atoms with Crippen LogP contribution in [0.5, 0.6) is 5.75 Å². The maximum absolute atomic E-state index is 13.3. The van der Waals surface area contributed by atoms with Crippen molar-refractivity contribution in [3.63, 3.8) is 0 Å². The molecule has 5 rings (SSSR count). The average Bonchev–Trinajstić information content (AvgIpc) is 3.13. The molecular weight excluding hydrogens is 422 g/mol. The second kappa shape index (κ2) is 7.91. The van der Waals surface area contributed by atoms with Crippen LogP contribution in [0.2, 0.25) is 0 Å². The van der Waals surface area contributed by atoms with Gasteiger partial charge in [-0.1, -0.05) is 13.0 Å². The molecule has 170 valence electrons. The predicted octanol–water partition coefficient (Wildman–Crippen LogP) is 1.97. The molecule has 0 spiro atoms. The predicted molar refractivity (Wildman–Crippen MR) is 124 cm³/mol. The van der Waals surface area contributed by atoms with Crippen LogP contribution >= 0.6 is 0 Å². The van der Waals surface area contributed by atoms with Crippen molar-refractivity contribution in [1.82, 2.24) is 23.4 Å². The van der Waals surface area contributed by atoms with Crippen LogP contribution in [0.1, 0.15) is 29.5 Å². The lowest BCUT2D eigenvalue weighted by Gasteiger charge is -2.39. The largest absolute Gasteiger partial charge is 0.486 e. The Morgan fingerprint density at radius 3 is 2.70 bits per heavy atom. The molecule has 0 bridgehead atoms. The standard InChI is InChI=1S/C24H25N5O4/c1-4-8-28-19(12-18-22(28)25-20-7-5-6-9-29(20)23(18)31)24(32)27-13-17(14-27)33-16-10-15(2)26(3)21(30)11-16/h5-7,9-12,17H,4,8,13-14H2,1-3H3. The average molecular weight is 447 g/mol. The monoisotopic (exact) mass is 447 g/mol. The summed E-state index contributed by atoms with van der Waals surface area (Å²) in [5.41, 5.74) is 2.01. The lowest BCUT2D eigenvalue weighted by atomic mass is 10.1. The molecule has 9 heteroatoms. The highest BCUT2D eigenvalue weighted by Crippen LogP contribution is 2.23. The number of hydrogen-bond donors (Lipinski definition) is 0. The fraction of sp³-hybridized carbons (Fsp3) is 0.333. The van der Waals surface area contributed by atoms with E-state index in [2.05, 4.69) is 4.98 Å². The van der Waals surface area contributed by atoms with E-state index >= 15 is 0 Å². The fourth-order valence-corrected chi connectivity index (χ4v) is 4.22. The highest BCUT2D eigenvalue weighted by atomic mass is 16.5. The molecule has 1 aliphatic heterocycles. The summed E-state index contributed by atoms with van der Waals surface area (Å²) in [6.07, 6.45) is 2.29. The van der Waals surface area contributed by atoms with Crippen LogP contribution in [-0.2, 0) is 13.6 Å². The second-order valence-electron chi connectivity index (χ2n) is 8.44. The molecule has 0 saturated carbocycles. The highest BCUT2D eigenvalue weighted by molar-refractivity contribution is 5.98. The maximum Gasteiger partial charge on any atom is 0.270 e. The number of pyridine rings is 2. The second-order valence-corrected chi connectivity index (χ2v) is 8.44. The number of carbonyl (C=O) groups is 1. The number of fused-ring (bicyclic) bond motifs is 2. The van der Waals surface area contributed by atoms with E-state index in [9.17, 15) is 14.4 Å². The van der Waals surface area contributed by atoms with E-state index in [0.29, 0.717) is 47.8 Å². The normalized spacial score (nSPS) is 14.1. The van der Waals surface area contributed by atoms with Gasteiger partial charge in [-0.3, -0.25) is 18.8 Å². The number of hydrogen-bond acceptors (Lipinski definition) is 5. The Morgan fingerprint density at radius 1 is 1.18 bits per heavy atom. The van der Waals surface area contributed by atoms with Gasteiger partial charge in [-0.15, -0.1) is 0 Å². The first-order chi connectivity index (χ1) is 15.9. The van der Waals surface area contributed by atoms with Gasteiger partial charge in [0.25, 0.3) is 17.0 Å². The van der Waals surface area contributed by atoms with Gasteiger partial charge in [0.2, 0.25) is 0 Å². The zero-order valence-corrected chi connectivity index (χ0v) is 18.8. The summed E-state index contributed by atoms with van der Waals surface area (Å²) < 4.78 is 10.8. The van der Waals surface area contributed by atoms with Crippen LogP contribution in [-0.4, -0.2) is 48.5 Å². The molecule has 1 fully saturated rings. The molecule has 4 aromatic rings. The van der Waals surface area contributed by atoms with Crippen LogP contribution in [0.4, 0.5) is 0 Å². The van der Waals surface area contributed by atoms with Crippen molar-refractivity contribution in [2.24, 2.45) is 7.05 Å². The Labute approximate surface area is 189 Å². The smallest absolute Gasteiger partial charge is 0.270 e. The summed E-state index contributed by atoms with van der Waals surface area (Å²) >= 11 is 0. The zero-order valence-electron chi connectivity index (χ0n) is 18.8. The summed E-state index contributed by atoms with van der Waals surface area (Å²) in [5.74, 6) is 0.353. The van der Waals surface area contributed by atoms with E-state index in [1.165, 1.54) is 10.5 Å². The Hall–Kier alpha value is -3.88. The molecule has 0 radical (unpaired) electrons. The quantitative estimate of drug-likeness (QED) is 0.467. The van der Waals surface area contributed by atoms with E-state index in [0.717, 1.165) is 12.1 Å². The number of ether oxygens (including phenoxy) is 1. The van der Waals surface area contributed by atoms with Crippen LogP contribution in [0.15, 0.2) is 52.2 Å². The van der Waals surface area contributed by atoms with Gasteiger partial charge >= 0.3 is 0 Å². The lowest BCUT2D eigenvalue weighted by molar-refractivity contribution is 0.0169. The Kier molecular flexibility index (Phi) is 5.03. The Balaban J connectivity index is 1.41. The van der Waals surface area contributed by atoms with Crippen molar-refractivity contribution < 1.29 is 9.53 Å². The van der Waals surface area contributed by atoms with E-state index in [-0.39, 0.29) is 23.1 Å². The molecule has 5 heterocycles. The van der Waals surface area contributed by atoms with Gasteiger partial charge in [0.15, 0.2) is 0 Å². The van der Waals surface area contributed by atoms with E-state index < -0.39 is 0 Å². The molecule has 1 amide bonds. The molecule has 4 aromatic heterocycles. The van der Waals surface area contributed by atoms with Crippen molar-refractivity contribution in [3.8, 4) is 5.75 Å². The molecule has 0 unspecified atom stereocenters. The third-order valence-electron chi connectivity index (χ3n) is 6.16. The Bertz CT molecular complexity index is 1510. The van der Waals surface area contributed by atoms with E-state index in [1.54, 1.807) is 40.9 Å². The lowest BCUT2D eigenvalue weighted by Crippen LogP contribution is -2.56.